The predicted octanol–water partition coefficient (Wildman–Crippen LogP) is 1.27. The number of phenolic OH excluding ortho intramolecular Hbond substituents is 1. The molecule has 0 aliphatic rings. The molecule has 0 fully saturated rings. The summed E-state index contributed by atoms with van der Waals surface area (Å²) in [5.74, 6) is -1.21. The van der Waals surface area contributed by atoms with Gasteiger partial charge in [-0.15, -0.1) is 0 Å². The van der Waals surface area contributed by atoms with Gasteiger partial charge in [-0.2, -0.15) is 5.10 Å². The van der Waals surface area contributed by atoms with Crippen molar-refractivity contribution in [2.45, 2.75) is 6.54 Å². The maximum atomic E-state index is 11.7. The zero-order valence-electron chi connectivity index (χ0n) is 12.0. The Morgan fingerprint density at radius 3 is 2.88 bits per heavy atom. The van der Waals surface area contributed by atoms with Crippen LogP contribution >= 0.6 is 11.6 Å². The van der Waals surface area contributed by atoms with Crippen molar-refractivity contribution in [1.82, 2.24) is 9.99 Å². The van der Waals surface area contributed by atoms with E-state index in [4.69, 9.17) is 11.6 Å². The molecular weight excluding hydrogens is 340 g/mol. The highest BCUT2D eigenvalue weighted by atomic mass is 35.5. The number of halogens is 1. The molecule has 0 radical (unpaired) electrons. The molecule has 0 unspecified atom stereocenters. The summed E-state index contributed by atoms with van der Waals surface area (Å²) >= 11 is 5.73. The van der Waals surface area contributed by atoms with E-state index in [9.17, 15) is 24.8 Å². The van der Waals surface area contributed by atoms with Crippen molar-refractivity contribution in [1.29, 1.82) is 0 Å². The lowest BCUT2D eigenvalue weighted by Gasteiger charge is -2.04. The largest absolute Gasteiger partial charge is 0.502 e. The van der Waals surface area contributed by atoms with E-state index >= 15 is 0 Å². The second kappa shape index (κ2) is 7.38. The third kappa shape index (κ3) is 4.17. The number of phenols is 1. The average Bonchev–Trinajstić information content (AvgIpc) is 2.52. The second-order valence-electron chi connectivity index (χ2n) is 4.58. The molecule has 24 heavy (non-hydrogen) atoms. The summed E-state index contributed by atoms with van der Waals surface area (Å²) in [4.78, 5) is 33.2. The van der Waals surface area contributed by atoms with Gasteiger partial charge in [0.15, 0.2) is 0 Å². The van der Waals surface area contributed by atoms with Crippen LogP contribution in [0.5, 0.6) is 5.75 Å². The van der Waals surface area contributed by atoms with Crippen LogP contribution in [0.25, 0.3) is 0 Å². The Morgan fingerprint density at radius 1 is 1.46 bits per heavy atom. The van der Waals surface area contributed by atoms with E-state index in [1.165, 1.54) is 22.9 Å². The lowest BCUT2D eigenvalue weighted by molar-refractivity contribution is -0.385. The number of aromatic hydroxyl groups is 1. The number of carbonyl (C=O) groups excluding carboxylic acids is 1. The molecule has 0 saturated heterocycles. The summed E-state index contributed by atoms with van der Waals surface area (Å²) < 4.78 is 1.17. The maximum absolute atomic E-state index is 11.7. The molecule has 2 rings (SSSR count). The van der Waals surface area contributed by atoms with E-state index in [0.29, 0.717) is 0 Å². The van der Waals surface area contributed by atoms with Crippen LogP contribution in [0, 0.1) is 10.1 Å². The van der Waals surface area contributed by atoms with Gasteiger partial charge >= 0.3 is 5.69 Å². The Balaban J connectivity index is 2.09. The fraction of sp³-hybridized carbons (Fsp3) is 0.0714. The van der Waals surface area contributed by atoms with Crippen LogP contribution < -0.4 is 11.0 Å². The molecule has 0 atom stereocenters. The summed E-state index contributed by atoms with van der Waals surface area (Å²) in [5, 5.41) is 24.2. The van der Waals surface area contributed by atoms with Crippen LogP contribution in [0.2, 0.25) is 5.02 Å². The zero-order chi connectivity index (χ0) is 17.7. The molecule has 0 bridgehead atoms. The number of hydrazone groups is 1. The standard InChI is InChI=1S/C14H11ClN4O5/c15-10-5-9(14(22)11(6-10)19(23)24)7-16-17-12(20)8-18-4-2-1-3-13(18)21/h1-7,22H,8H2,(H,17,20)/b16-7-. The maximum Gasteiger partial charge on any atom is 0.312 e. The quantitative estimate of drug-likeness (QED) is 0.477. The number of pyridine rings is 1. The minimum atomic E-state index is -0.793. The van der Waals surface area contributed by atoms with Gasteiger partial charge in [0, 0.05) is 28.9 Å². The van der Waals surface area contributed by atoms with Crippen molar-refractivity contribution in [2.24, 2.45) is 5.10 Å². The third-order valence-corrected chi connectivity index (χ3v) is 3.10. The SMILES string of the molecule is O=C(Cn1ccccc1=O)N/N=C\c1cc(Cl)cc([N+](=O)[O-])c1O. The fourth-order valence-electron chi connectivity index (χ4n) is 1.80. The van der Waals surface area contributed by atoms with Crippen LogP contribution in [0.1, 0.15) is 5.56 Å². The average molecular weight is 351 g/mol. The van der Waals surface area contributed by atoms with E-state index in [2.05, 4.69) is 10.5 Å². The smallest absolute Gasteiger partial charge is 0.312 e. The van der Waals surface area contributed by atoms with E-state index in [-0.39, 0.29) is 22.7 Å². The van der Waals surface area contributed by atoms with E-state index in [1.807, 2.05) is 0 Å². The number of rotatable bonds is 5. The highest BCUT2D eigenvalue weighted by Crippen LogP contribution is 2.32. The second-order valence-corrected chi connectivity index (χ2v) is 5.02. The van der Waals surface area contributed by atoms with Crippen LogP contribution in [-0.4, -0.2) is 26.7 Å². The molecule has 10 heteroatoms. The van der Waals surface area contributed by atoms with Gasteiger partial charge in [0.05, 0.1) is 11.1 Å². The number of hydrogen-bond donors (Lipinski definition) is 2. The van der Waals surface area contributed by atoms with Crippen molar-refractivity contribution in [2.75, 3.05) is 0 Å². The lowest BCUT2D eigenvalue weighted by Crippen LogP contribution is -2.28. The van der Waals surface area contributed by atoms with E-state index < -0.39 is 22.3 Å². The molecule has 0 spiro atoms. The van der Waals surface area contributed by atoms with Gasteiger partial charge in [0.1, 0.15) is 6.54 Å². The molecule has 1 heterocycles. The molecule has 1 aromatic heterocycles. The molecule has 1 aromatic carbocycles. The van der Waals surface area contributed by atoms with Crippen LogP contribution in [0.15, 0.2) is 46.4 Å². The number of nitro groups is 1. The number of benzene rings is 1. The molecule has 2 aromatic rings. The highest BCUT2D eigenvalue weighted by Gasteiger charge is 2.17. The summed E-state index contributed by atoms with van der Waals surface area (Å²) in [7, 11) is 0. The van der Waals surface area contributed by atoms with Crippen molar-refractivity contribution < 1.29 is 14.8 Å². The fourth-order valence-corrected chi connectivity index (χ4v) is 2.02. The third-order valence-electron chi connectivity index (χ3n) is 2.89. The number of nitrogens with zero attached hydrogens (tertiary/aromatic N) is 3. The van der Waals surface area contributed by atoms with E-state index in [1.54, 1.807) is 12.1 Å². The number of aromatic nitrogens is 1. The molecule has 0 saturated carbocycles. The Morgan fingerprint density at radius 2 is 2.21 bits per heavy atom. The monoisotopic (exact) mass is 350 g/mol. The van der Waals surface area contributed by atoms with Gasteiger partial charge in [-0.25, -0.2) is 5.43 Å². The van der Waals surface area contributed by atoms with Gasteiger partial charge < -0.3 is 9.67 Å². The van der Waals surface area contributed by atoms with Crippen LogP contribution in [0.3, 0.4) is 0 Å². The number of hydrogen-bond acceptors (Lipinski definition) is 6. The molecule has 2 N–H and O–H groups in total. The molecule has 124 valence electrons. The first-order valence-corrected chi connectivity index (χ1v) is 6.90. The van der Waals surface area contributed by atoms with E-state index in [0.717, 1.165) is 12.3 Å². The Kier molecular flexibility index (Phi) is 5.27. The normalized spacial score (nSPS) is 10.7. The number of nitro benzene ring substituents is 1. The first kappa shape index (κ1) is 17.2. The summed E-state index contributed by atoms with van der Waals surface area (Å²) in [5.41, 5.74) is 1.19. The molecule has 0 aliphatic heterocycles. The predicted molar refractivity (Wildman–Crippen MR) is 86.2 cm³/mol. The zero-order valence-corrected chi connectivity index (χ0v) is 12.8. The van der Waals surface area contributed by atoms with Gasteiger partial charge in [-0.3, -0.25) is 19.7 Å². The van der Waals surface area contributed by atoms with Crippen molar-refractivity contribution >= 4 is 29.4 Å². The van der Waals surface area contributed by atoms with Crippen LogP contribution in [-0.2, 0) is 11.3 Å². The van der Waals surface area contributed by atoms with Gasteiger partial charge in [0.2, 0.25) is 5.75 Å². The first-order chi connectivity index (χ1) is 11.4. The van der Waals surface area contributed by atoms with Crippen molar-refractivity contribution in [3.05, 3.63) is 67.6 Å². The van der Waals surface area contributed by atoms with Gasteiger partial charge in [-0.05, 0) is 12.1 Å². The summed E-state index contributed by atoms with van der Waals surface area (Å²) in [6.07, 6.45) is 2.46. The number of amides is 1. The minimum absolute atomic E-state index is 0.0307. The van der Waals surface area contributed by atoms with Gasteiger partial charge in [-0.1, -0.05) is 17.7 Å². The summed E-state index contributed by atoms with van der Waals surface area (Å²) in [6, 6.07) is 6.69. The van der Waals surface area contributed by atoms with Crippen molar-refractivity contribution in [3.63, 3.8) is 0 Å². The molecule has 1 amide bonds. The van der Waals surface area contributed by atoms with Crippen molar-refractivity contribution in [3.8, 4) is 5.75 Å². The number of carbonyl (C=O) groups is 1. The first-order valence-electron chi connectivity index (χ1n) is 6.53. The summed E-state index contributed by atoms with van der Waals surface area (Å²) in [6.45, 7) is -0.251. The Bertz CT molecular complexity index is 878. The highest BCUT2D eigenvalue weighted by molar-refractivity contribution is 6.31. The minimum Gasteiger partial charge on any atom is -0.502 e. The molecule has 0 aliphatic carbocycles. The van der Waals surface area contributed by atoms with Crippen LogP contribution in [0.4, 0.5) is 5.69 Å². The number of nitrogens with one attached hydrogen (secondary N) is 1. The Hall–Kier alpha value is -3.20. The Labute approximate surface area is 140 Å². The lowest BCUT2D eigenvalue weighted by atomic mass is 10.2. The van der Waals surface area contributed by atoms with Gasteiger partial charge in [0.25, 0.3) is 11.5 Å². The topological polar surface area (TPSA) is 127 Å². The molecule has 9 nitrogen and oxygen atoms in total. The molecular formula is C14H11ClN4O5.